The number of aliphatic carboxylic acids is 1. The number of hydrogen-bond acceptors (Lipinski definition) is 2. The maximum Gasteiger partial charge on any atom is 0.303 e. The molecule has 1 aliphatic rings. The van der Waals surface area contributed by atoms with Crippen molar-refractivity contribution in [1.82, 2.24) is 4.90 Å². The second-order valence-electron chi connectivity index (χ2n) is 5.30. The van der Waals surface area contributed by atoms with Gasteiger partial charge in [-0.1, -0.05) is 26.2 Å². The van der Waals surface area contributed by atoms with Crippen LogP contribution < -0.4 is 0 Å². The van der Waals surface area contributed by atoms with Crippen LogP contribution in [0.5, 0.6) is 0 Å². The maximum atomic E-state index is 10.5. The monoisotopic (exact) mass is 241 g/mol. The summed E-state index contributed by atoms with van der Waals surface area (Å²) in [7, 11) is 0. The molecule has 0 atom stereocenters. The first-order valence-electron chi connectivity index (χ1n) is 7.16. The van der Waals surface area contributed by atoms with E-state index in [4.69, 9.17) is 5.11 Å². The van der Waals surface area contributed by atoms with E-state index >= 15 is 0 Å². The Bertz CT molecular complexity index is 212. The molecule has 17 heavy (non-hydrogen) atoms. The fourth-order valence-electron chi connectivity index (χ4n) is 2.80. The van der Waals surface area contributed by atoms with Gasteiger partial charge in [0.2, 0.25) is 0 Å². The second-order valence-corrected chi connectivity index (χ2v) is 5.30. The lowest BCUT2D eigenvalue weighted by atomic mass is 9.89. The Balaban J connectivity index is 2.23. The van der Waals surface area contributed by atoms with E-state index in [1.165, 1.54) is 45.1 Å². The van der Waals surface area contributed by atoms with Crippen LogP contribution >= 0.6 is 0 Å². The van der Waals surface area contributed by atoms with E-state index in [1.807, 2.05) is 0 Å². The Hall–Kier alpha value is -0.570. The minimum Gasteiger partial charge on any atom is -0.481 e. The minimum absolute atomic E-state index is 0.310. The number of rotatable bonds is 8. The van der Waals surface area contributed by atoms with Crippen molar-refractivity contribution in [2.24, 2.45) is 5.92 Å². The molecule has 100 valence electrons. The molecule has 0 heterocycles. The highest BCUT2D eigenvalue weighted by Crippen LogP contribution is 2.24. The van der Waals surface area contributed by atoms with Gasteiger partial charge >= 0.3 is 5.97 Å². The first kappa shape index (κ1) is 14.5. The molecule has 1 rings (SSSR count). The van der Waals surface area contributed by atoms with Crippen molar-refractivity contribution in [3.05, 3.63) is 0 Å². The molecule has 1 saturated carbocycles. The second kappa shape index (κ2) is 8.51. The van der Waals surface area contributed by atoms with Crippen molar-refractivity contribution in [1.29, 1.82) is 0 Å². The highest BCUT2D eigenvalue weighted by molar-refractivity contribution is 5.66. The molecule has 0 aliphatic heterocycles. The van der Waals surface area contributed by atoms with Crippen LogP contribution in [0.2, 0.25) is 0 Å². The lowest BCUT2D eigenvalue weighted by Gasteiger charge is -2.29. The molecule has 3 heteroatoms. The van der Waals surface area contributed by atoms with Crippen LogP contribution in [-0.4, -0.2) is 35.6 Å². The smallest absolute Gasteiger partial charge is 0.303 e. The van der Waals surface area contributed by atoms with E-state index in [1.54, 1.807) is 0 Å². The molecular formula is C14H27NO2. The van der Waals surface area contributed by atoms with Crippen molar-refractivity contribution < 1.29 is 9.90 Å². The summed E-state index contributed by atoms with van der Waals surface area (Å²) in [4.78, 5) is 13.0. The van der Waals surface area contributed by atoms with Gasteiger partial charge in [-0.15, -0.1) is 0 Å². The number of hydrogen-bond donors (Lipinski definition) is 1. The van der Waals surface area contributed by atoms with Gasteiger partial charge in [-0.2, -0.15) is 0 Å². The van der Waals surface area contributed by atoms with Crippen LogP contribution in [0, 0.1) is 5.92 Å². The van der Waals surface area contributed by atoms with Crippen molar-refractivity contribution >= 4 is 5.97 Å². The lowest BCUT2D eigenvalue weighted by molar-refractivity contribution is -0.137. The molecule has 1 fully saturated rings. The van der Waals surface area contributed by atoms with Crippen LogP contribution in [0.3, 0.4) is 0 Å². The molecule has 3 nitrogen and oxygen atoms in total. The average molecular weight is 241 g/mol. The molecule has 0 amide bonds. The van der Waals surface area contributed by atoms with Gasteiger partial charge < -0.3 is 10.0 Å². The van der Waals surface area contributed by atoms with Crippen molar-refractivity contribution in [3.8, 4) is 0 Å². The standard InChI is InChI=1S/C14H27NO2/c1-2-10-15(11-6-9-14(16)17)12-13-7-4-3-5-8-13/h13H,2-12H2,1H3,(H,16,17). The third kappa shape index (κ3) is 6.67. The van der Waals surface area contributed by atoms with Gasteiger partial charge in [-0.05, 0) is 44.7 Å². The number of carboxylic acid groups (broad SMARTS) is 1. The molecule has 0 unspecified atom stereocenters. The van der Waals surface area contributed by atoms with E-state index in [0.29, 0.717) is 6.42 Å². The molecule has 1 N–H and O–H groups in total. The van der Waals surface area contributed by atoms with Crippen molar-refractivity contribution in [2.75, 3.05) is 19.6 Å². The van der Waals surface area contributed by atoms with E-state index in [9.17, 15) is 4.79 Å². The Kier molecular flexibility index (Phi) is 7.25. The van der Waals surface area contributed by atoms with E-state index in [0.717, 1.165) is 25.4 Å². The molecular weight excluding hydrogens is 214 g/mol. The van der Waals surface area contributed by atoms with Crippen LogP contribution in [0.25, 0.3) is 0 Å². The number of carbonyl (C=O) groups is 1. The zero-order valence-electron chi connectivity index (χ0n) is 11.2. The summed E-state index contributed by atoms with van der Waals surface area (Å²) in [6.07, 6.45) is 9.20. The summed E-state index contributed by atoms with van der Waals surface area (Å²) in [6.45, 7) is 5.46. The van der Waals surface area contributed by atoms with Gasteiger partial charge in [0.1, 0.15) is 0 Å². The zero-order valence-corrected chi connectivity index (χ0v) is 11.2. The van der Waals surface area contributed by atoms with Gasteiger partial charge in [-0.3, -0.25) is 4.79 Å². The first-order valence-corrected chi connectivity index (χ1v) is 7.16. The molecule has 1 aliphatic carbocycles. The van der Waals surface area contributed by atoms with Crippen LogP contribution in [0.15, 0.2) is 0 Å². The van der Waals surface area contributed by atoms with Gasteiger partial charge in [0.15, 0.2) is 0 Å². The van der Waals surface area contributed by atoms with Gasteiger partial charge in [0, 0.05) is 13.0 Å². The van der Waals surface area contributed by atoms with E-state index in [-0.39, 0.29) is 0 Å². The Labute approximate surface area is 105 Å². The van der Waals surface area contributed by atoms with Crippen LogP contribution in [-0.2, 0) is 4.79 Å². The third-order valence-electron chi connectivity index (χ3n) is 3.65. The molecule has 0 aromatic heterocycles. The summed E-state index contributed by atoms with van der Waals surface area (Å²) in [5.74, 6) is 0.194. The fraction of sp³-hybridized carbons (Fsp3) is 0.929. The highest BCUT2D eigenvalue weighted by Gasteiger charge is 2.16. The Morgan fingerprint density at radius 3 is 2.53 bits per heavy atom. The summed E-state index contributed by atoms with van der Waals surface area (Å²) >= 11 is 0. The highest BCUT2D eigenvalue weighted by atomic mass is 16.4. The largest absolute Gasteiger partial charge is 0.481 e. The number of nitrogens with zero attached hydrogens (tertiary/aromatic N) is 1. The number of carboxylic acids is 1. The van der Waals surface area contributed by atoms with E-state index in [2.05, 4.69) is 11.8 Å². The average Bonchev–Trinajstić information content (AvgIpc) is 2.30. The Morgan fingerprint density at radius 2 is 1.94 bits per heavy atom. The molecule has 0 aromatic carbocycles. The van der Waals surface area contributed by atoms with Crippen LogP contribution in [0.4, 0.5) is 0 Å². The normalized spacial score (nSPS) is 17.5. The van der Waals surface area contributed by atoms with Crippen LogP contribution in [0.1, 0.15) is 58.3 Å². The lowest BCUT2D eigenvalue weighted by Crippen LogP contribution is -2.32. The topological polar surface area (TPSA) is 40.5 Å². The molecule has 0 bridgehead atoms. The summed E-state index contributed by atoms with van der Waals surface area (Å²) in [5, 5.41) is 8.66. The van der Waals surface area contributed by atoms with E-state index < -0.39 is 5.97 Å². The molecule has 0 radical (unpaired) electrons. The third-order valence-corrected chi connectivity index (χ3v) is 3.65. The predicted molar refractivity (Wildman–Crippen MR) is 70.2 cm³/mol. The minimum atomic E-state index is -0.667. The summed E-state index contributed by atoms with van der Waals surface area (Å²) in [5.41, 5.74) is 0. The summed E-state index contributed by atoms with van der Waals surface area (Å²) < 4.78 is 0. The van der Waals surface area contributed by atoms with Gasteiger partial charge in [-0.25, -0.2) is 0 Å². The molecule has 0 aromatic rings. The predicted octanol–water partition coefficient (Wildman–Crippen LogP) is 3.14. The fourth-order valence-corrected chi connectivity index (χ4v) is 2.80. The zero-order chi connectivity index (χ0) is 12.5. The van der Waals surface area contributed by atoms with Gasteiger partial charge in [0.25, 0.3) is 0 Å². The van der Waals surface area contributed by atoms with Gasteiger partial charge in [0.05, 0.1) is 0 Å². The first-order chi connectivity index (χ1) is 8.22. The van der Waals surface area contributed by atoms with Crippen molar-refractivity contribution in [2.45, 2.75) is 58.3 Å². The van der Waals surface area contributed by atoms with Crippen molar-refractivity contribution in [3.63, 3.8) is 0 Å². The quantitative estimate of drug-likeness (QED) is 0.709. The summed E-state index contributed by atoms with van der Waals surface area (Å²) in [6, 6.07) is 0. The molecule has 0 spiro atoms. The maximum absolute atomic E-state index is 10.5. The molecule has 0 saturated heterocycles. The Morgan fingerprint density at radius 1 is 1.24 bits per heavy atom. The SMILES string of the molecule is CCCN(CCCC(=O)O)CC1CCCCC1.